The van der Waals surface area contributed by atoms with E-state index in [4.69, 9.17) is 0 Å². The van der Waals surface area contributed by atoms with E-state index in [-0.39, 0.29) is 12.7 Å². The number of benzene rings is 2. The summed E-state index contributed by atoms with van der Waals surface area (Å²) in [7, 11) is -4.08. The molecule has 4 nitrogen and oxygen atoms in total. The summed E-state index contributed by atoms with van der Waals surface area (Å²) in [6, 6.07) is 21.0. The van der Waals surface area contributed by atoms with Gasteiger partial charge in [0.25, 0.3) is 0 Å². The van der Waals surface area contributed by atoms with Crippen molar-refractivity contribution in [3.8, 4) is 20.9 Å². The second kappa shape index (κ2) is 7.24. The Kier molecular flexibility index (Phi) is 4.69. The first-order valence-corrected chi connectivity index (χ1v) is 12.7. The van der Waals surface area contributed by atoms with Crippen molar-refractivity contribution >= 4 is 52.1 Å². The van der Waals surface area contributed by atoms with E-state index >= 15 is 0 Å². The van der Waals surface area contributed by atoms with Gasteiger partial charge >= 0.3 is 7.60 Å². The van der Waals surface area contributed by atoms with Crippen molar-refractivity contribution in [1.29, 1.82) is 0 Å². The van der Waals surface area contributed by atoms with E-state index in [1.807, 2.05) is 16.7 Å². The lowest BCUT2D eigenvalue weighted by molar-refractivity contribution is 0.370. The lowest BCUT2D eigenvalue weighted by Crippen LogP contribution is -2.02. The molecule has 7 heteroatoms. The van der Waals surface area contributed by atoms with Crippen LogP contribution in [0.3, 0.4) is 0 Å². The Hall–Kier alpha value is -2.21. The van der Waals surface area contributed by atoms with Crippen LogP contribution < -0.4 is 0 Å². The smallest absolute Gasteiger partial charge is 0.327 e. The van der Waals surface area contributed by atoms with Crippen molar-refractivity contribution in [3.63, 3.8) is 0 Å². The quantitative estimate of drug-likeness (QED) is 0.310. The predicted octanol–water partition coefficient (Wildman–Crippen LogP) is 6.43. The Bertz CT molecular complexity index is 1260. The minimum Gasteiger partial charge on any atom is -0.340 e. The number of rotatable bonds is 5. The third-order valence-corrected chi connectivity index (χ3v) is 7.71. The molecule has 3 aromatic heterocycles. The Morgan fingerprint density at radius 1 is 0.793 bits per heavy atom. The Labute approximate surface area is 175 Å². The summed E-state index contributed by atoms with van der Waals surface area (Å²) < 4.78 is 13.5. The van der Waals surface area contributed by atoms with Gasteiger partial charge < -0.3 is 14.4 Å². The average Bonchev–Trinajstić information content (AvgIpc) is 3.45. The molecular weight excluding hydrogens is 421 g/mol. The van der Waals surface area contributed by atoms with E-state index in [2.05, 4.69) is 59.3 Å². The van der Waals surface area contributed by atoms with Gasteiger partial charge in [-0.2, -0.15) is 0 Å². The summed E-state index contributed by atoms with van der Waals surface area (Å²) in [5.41, 5.74) is 4.31. The third-order valence-electron chi connectivity index (χ3n) is 5.09. The summed E-state index contributed by atoms with van der Waals surface area (Å²) in [5.74, 6) is 0. The summed E-state index contributed by atoms with van der Waals surface area (Å²) in [6.45, 7) is 0.279. The Balaban J connectivity index is 1.75. The topological polar surface area (TPSA) is 62.5 Å². The summed E-state index contributed by atoms with van der Waals surface area (Å²) in [6.07, 6.45) is -0.175. The molecule has 0 spiro atoms. The van der Waals surface area contributed by atoms with E-state index in [0.717, 1.165) is 32.9 Å². The van der Waals surface area contributed by atoms with Crippen molar-refractivity contribution in [3.05, 3.63) is 71.4 Å². The lowest BCUT2D eigenvalue weighted by Gasteiger charge is -2.09. The maximum absolute atomic E-state index is 11.5. The number of nitrogens with zero attached hydrogens (tertiary/aromatic N) is 1. The zero-order valence-corrected chi connectivity index (χ0v) is 17.9. The molecule has 0 fully saturated rings. The SMILES string of the molecule is O=P(O)(O)CCn1c2ccc(-c3cccs3)cc2c2cc(-c3cccs3)ccc21. The van der Waals surface area contributed by atoms with E-state index in [0.29, 0.717) is 0 Å². The van der Waals surface area contributed by atoms with Crippen LogP contribution in [-0.4, -0.2) is 20.5 Å². The molecule has 5 aromatic rings. The van der Waals surface area contributed by atoms with Crippen LogP contribution in [0.1, 0.15) is 0 Å². The first-order valence-electron chi connectivity index (χ1n) is 9.18. The lowest BCUT2D eigenvalue weighted by atomic mass is 10.1. The van der Waals surface area contributed by atoms with Crippen LogP contribution in [-0.2, 0) is 11.1 Å². The molecule has 0 saturated heterocycles. The molecule has 0 amide bonds. The fourth-order valence-electron chi connectivity index (χ4n) is 3.77. The van der Waals surface area contributed by atoms with Gasteiger partial charge in [0, 0.05) is 38.1 Å². The van der Waals surface area contributed by atoms with Gasteiger partial charge in [0.2, 0.25) is 0 Å². The largest absolute Gasteiger partial charge is 0.340 e. The fraction of sp³-hybridized carbons (Fsp3) is 0.0909. The van der Waals surface area contributed by atoms with Crippen LogP contribution in [0.25, 0.3) is 42.7 Å². The zero-order valence-electron chi connectivity index (χ0n) is 15.4. The van der Waals surface area contributed by atoms with Crippen LogP contribution in [0.2, 0.25) is 0 Å². The number of thiophene rings is 2. The Morgan fingerprint density at radius 3 is 1.72 bits per heavy atom. The first kappa shape index (κ1) is 18.8. The van der Waals surface area contributed by atoms with Crippen LogP contribution in [0.4, 0.5) is 0 Å². The van der Waals surface area contributed by atoms with Crippen LogP contribution in [0.15, 0.2) is 71.4 Å². The summed E-state index contributed by atoms with van der Waals surface area (Å²) >= 11 is 3.41. The number of fused-ring (bicyclic) bond motifs is 3. The maximum atomic E-state index is 11.5. The standard InChI is InChI=1S/C22H18NO3PS2/c24-27(25,26)10-9-23-19-7-5-15(21-3-1-11-28-21)13-17(19)18-14-16(6-8-20(18)23)22-4-2-12-29-22/h1-8,11-14H,9-10H2,(H2,24,25,26). The minimum absolute atomic E-state index is 0.175. The molecule has 0 aliphatic rings. The van der Waals surface area contributed by atoms with E-state index in [9.17, 15) is 14.4 Å². The van der Waals surface area contributed by atoms with Crippen LogP contribution in [0.5, 0.6) is 0 Å². The predicted molar refractivity (Wildman–Crippen MR) is 123 cm³/mol. The van der Waals surface area contributed by atoms with Crippen molar-refractivity contribution in [1.82, 2.24) is 4.57 Å². The van der Waals surface area contributed by atoms with Gasteiger partial charge in [-0.05, 0) is 58.3 Å². The monoisotopic (exact) mass is 439 g/mol. The summed E-state index contributed by atoms with van der Waals surface area (Å²) in [4.78, 5) is 21.2. The van der Waals surface area contributed by atoms with Gasteiger partial charge in [-0.3, -0.25) is 4.57 Å². The van der Waals surface area contributed by atoms with Gasteiger partial charge in [0.15, 0.2) is 0 Å². The molecule has 0 bridgehead atoms. The summed E-state index contributed by atoms with van der Waals surface area (Å²) in [5, 5.41) is 6.35. The molecule has 3 heterocycles. The molecule has 5 rings (SSSR count). The molecule has 0 aliphatic carbocycles. The molecule has 0 atom stereocenters. The van der Waals surface area contributed by atoms with Crippen molar-refractivity contribution in [2.45, 2.75) is 6.54 Å². The molecule has 0 unspecified atom stereocenters. The second-order valence-electron chi connectivity index (χ2n) is 6.96. The van der Waals surface area contributed by atoms with Crippen molar-refractivity contribution in [2.75, 3.05) is 6.16 Å². The van der Waals surface area contributed by atoms with Crippen molar-refractivity contribution < 1.29 is 14.4 Å². The van der Waals surface area contributed by atoms with Gasteiger partial charge in [-0.25, -0.2) is 0 Å². The van der Waals surface area contributed by atoms with E-state index in [1.165, 1.54) is 9.75 Å². The molecule has 0 saturated carbocycles. The fourth-order valence-corrected chi connectivity index (χ4v) is 5.68. The highest BCUT2D eigenvalue weighted by atomic mass is 32.1. The van der Waals surface area contributed by atoms with Gasteiger partial charge in [0.05, 0.1) is 6.16 Å². The van der Waals surface area contributed by atoms with Crippen LogP contribution in [0, 0.1) is 0 Å². The normalized spacial score (nSPS) is 12.2. The first-order chi connectivity index (χ1) is 14.0. The number of aromatic nitrogens is 1. The molecule has 146 valence electrons. The van der Waals surface area contributed by atoms with E-state index in [1.54, 1.807) is 22.7 Å². The van der Waals surface area contributed by atoms with Gasteiger partial charge in [-0.15, -0.1) is 22.7 Å². The zero-order chi connectivity index (χ0) is 20.0. The van der Waals surface area contributed by atoms with Crippen molar-refractivity contribution in [2.24, 2.45) is 0 Å². The van der Waals surface area contributed by atoms with Gasteiger partial charge in [0.1, 0.15) is 0 Å². The van der Waals surface area contributed by atoms with Crippen LogP contribution >= 0.6 is 30.3 Å². The molecular formula is C22H18NO3PS2. The molecule has 2 aromatic carbocycles. The highest BCUT2D eigenvalue weighted by molar-refractivity contribution is 7.51. The maximum Gasteiger partial charge on any atom is 0.327 e. The number of hydrogen-bond donors (Lipinski definition) is 2. The Morgan fingerprint density at radius 2 is 1.31 bits per heavy atom. The average molecular weight is 439 g/mol. The molecule has 29 heavy (non-hydrogen) atoms. The number of aryl methyl sites for hydroxylation is 1. The minimum atomic E-state index is -4.08. The second-order valence-corrected chi connectivity index (χ2v) is 10.6. The third kappa shape index (κ3) is 3.59. The van der Waals surface area contributed by atoms with Gasteiger partial charge in [-0.1, -0.05) is 24.3 Å². The molecule has 2 N–H and O–H groups in total. The molecule has 0 radical (unpaired) electrons. The van der Waals surface area contributed by atoms with E-state index < -0.39 is 7.60 Å². The number of hydrogen-bond acceptors (Lipinski definition) is 3. The molecule has 0 aliphatic heterocycles. The highest BCUT2D eigenvalue weighted by Gasteiger charge is 2.17. The highest BCUT2D eigenvalue weighted by Crippen LogP contribution is 2.39.